The van der Waals surface area contributed by atoms with Gasteiger partial charge in [0.2, 0.25) is 5.91 Å². The van der Waals surface area contributed by atoms with Crippen LogP contribution in [-0.4, -0.2) is 40.3 Å². The lowest BCUT2D eigenvalue weighted by atomic mass is 10.2. The van der Waals surface area contributed by atoms with Crippen LogP contribution in [-0.2, 0) is 17.9 Å². The minimum Gasteiger partial charge on any atom is -0.486 e. The van der Waals surface area contributed by atoms with Crippen molar-refractivity contribution in [2.45, 2.75) is 27.0 Å². The van der Waals surface area contributed by atoms with Crippen LogP contribution in [0.1, 0.15) is 29.9 Å². The summed E-state index contributed by atoms with van der Waals surface area (Å²) in [6.07, 6.45) is 2.40. The minimum atomic E-state index is -0.241. The van der Waals surface area contributed by atoms with Crippen LogP contribution in [0.4, 0.5) is 11.4 Å². The Labute approximate surface area is 185 Å². The Kier molecular flexibility index (Phi) is 7.61. The second-order valence-corrected chi connectivity index (χ2v) is 7.20. The lowest BCUT2D eigenvalue weighted by Gasteiger charge is -2.22. The van der Waals surface area contributed by atoms with Crippen molar-refractivity contribution in [1.82, 2.24) is 15.0 Å². The molecule has 162 valence electrons. The van der Waals surface area contributed by atoms with Gasteiger partial charge in [-0.05, 0) is 50.2 Å². The number of carbonyl (C=O) groups excluding carboxylic acids is 2. The van der Waals surface area contributed by atoms with E-state index >= 15 is 0 Å². The monoisotopic (exact) mass is 441 g/mol. The number of hydrogen-bond acceptors (Lipinski definition) is 6. The molecule has 31 heavy (non-hydrogen) atoms. The number of halogens is 1. The predicted molar refractivity (Wildman–Crippen MR) is 120 cm³/mol. The fourth-order valence-electron chi connectivity index (χ4n) is 3.05. The highest BCUT2D eigenvalue weighted by Gasteiger charge is 2.11. The summed E-state index contributed by atoms with van der Waals surface area (Å²) in [4.78, 5) is 25.7. The standard InChI is InChI=1S/C22H24ClN5O3/c1-3-27(4-2)20-10-5-16(14-29)21(11-20)31-15-19-12-28(26-25-19)13-22(30)24-18-8-6-17(23)7-9-18/h5-12,14H,3-4,13,15H2,1-2H3,(H,24,30). The first-order valence-electron chi connectivity index (χ1n) is 9.93. The fourth-order valence-corrected chi connectivity index (χ4v) is 3.17. The van der Waals surface area contributed by atoms with Gasteiger partial charge in [-0.3, -0.25) is 9.59 Å². The van der Waals surface area contributed by atoms with E-state index in [0.29, 0.717) is 27.7 Å². The number of rotatable bonds is 10. The first kappa shape index (κ1) is 22.3. The van der Waals surface area contributed by atoms with Crippen LogP contribution in [0.2, 0.25) is 5.02 Å². The Bertz CT molecular complexity index is 1030. The number of anilines is 2. The third-order valence-corrected chi connectivity index (χ3v) is 4.90. The highest BCUT2D eigenvalue weighted by atomic mass is 35.5. The Morgan fingerprint density at radius 1 is 1.19 bits per heavy atom. The van der Waals surface area contributed by atoms with Crippen LogP contribution in [0, 0.1) is 0 Å². The zero-order chi connectivity index (χ0) is 22.2. The normalized spacial score (nSPS) is 10.5. The molecule has 0 saturated carbocycles. The molecule has 8 nitrogen and oxygen atoms in total. The van der Waals surface area contributed by atoms with Gasteiger partial charge >= 0.3 is 0 Å². The molecule has 9 heteroatoms. The number of benzene rings is 2. The van der Waals surface area contributed by atoms with Crippen LogP contribution < -0.4 is 15.0 Å². The summed E-state index contributed by atoms with van der Waals surface area (Å²) >= 11 is 5.84. The van der Waals surface area contributed by atoms with Crippen molar-refractivity contribution < 1.29 is 14.3 Å². The third-order valence-electron chi connectivity index (χ3n) is 4.65. The molecule has 0 fully saturated rings. The average molecular weight is 442 g/mol. The van der Waals surface area contributed by atoms with Gasteiger partial charge in [0.25, 0.3) is 0 Å². The maximum atomic E-state index is 12.2. The van der Waals surface area contributed by atoms with Gasteiger partial charge in [0.05, 0.1) is 11.8 Å². The number of aromatic nitrogens is 3. The largest absolute Gasteiger partial charge is 0.486 e. The molecule has 0 unspecified atom stereocenters. The van der Waals surface area contributed by atoms with E-state index in [2.05, 4.69) is 34.4 Å². The zero-order valence-corrected chi connectivity index (χ0v) is 18.2. The van der Waals surface area contributed by atoms with Crippen molar-refractivity contribution in [2.24, 2.45) is 0 Å². The van der Waals surface area contributed by atoms with Gasteiger partial charge in [0, 0.05) is 35.6 Å². The van der Waals surface area contributed by atoms with Crippen molar-refractivity contribution in [3.05, 3.63) is 64.9 Å². The Balaban J connectivity index is 1.61. The van der Waals surface area contributed by atoms with Gasteiger partial charge in [0.15, 0.2) is 6.29 Å². The molecule has 1 amide bonds. The molecule has 3 aromatic rings. The Morgan fingerprint density at radius 3 is 2.61 bits per heavy atom. The van der Waals surface area contributed by atoms with Crippen LogP contribution in [0.25, 0.3) is 0 Å². The van der Waals surface area contributed by atoms with Crippen molar-refractivity contribution >= 4 is 35.2 Å². The maximum Gasteiger partial charge on any atom is 0.246 e. The molecule has 2 aromatic carbocycles. The first-order chi connectivity index (χ1) is 15.0. The molecular weight excluding hydrogens is 418 g/mol. The van der Waals surface area contributed by atoms with Crippen LogP contribution in [0.3, 0.4) is 0 Å². The average Bonchev–Trinajstić information content (AvgIpc) is 3.22. The van der Waals surface area contributed by atoms with Gasteiger partial charge in [-0.15, -0.1) is 5.10 Å². The smallest absolute Gasteiger partial charge is 0.246 e. The Hall–Kier alpha value is -3.39. The molecule has 0 aliphatic carbocycles. The Morgan fingerprint density at radius 2 is 1.94 bits per heavy atom. The van der Waals surface area contributed by atoms with E-state index in [0.717, 1.165) is 25.1 Å². The number of amides is 1. The second-order valence-electron chi connectivity index (χ2n) is 6.76. The minimum absolute atomic E-state index is 0.00661. The van der Waals surface area contributed by atoms with Gasteiger partial charge in [-0.1, -0.05) is 16.8 Å². The number of nitrogens with zero attached hydrogens (tertiary/aromatic N) is 4. The van der Waals surface area contributed by atoms with Gasteiger partial charge in [-0.2, -0.15) is 0 Å². The lowest BCUT2D eigenvalue weighted by molar-refractivity contribution is -0.116. The molecular formula is C22H24ClN5O3. The summed E-state index contributed by atoms with van der Waals surface area (Å²) in [6, 6.07) is 12.3. The second kappa shape index (κ2) is 10.6. The number of carbonyl (C=O) groups is 2. The molecule has 1 heterocycles. The van der Waals surface area contributed by atoms with E-state index in [9.17, 15) is 9.59 Å². The first-order valence-corrected chi connectivity index (χ1v) is 10.3. The molecule has 0 aliphatic rings. The maximum absolute atomic E-state index is 12.2. The highest BCUT2D eigenvalue weighted by molar-refractivity contribution is 6.30. The van der Waals surface area contributed by atoms with Crippen molar-refractivity contribution in [3.8, 4) is 5.75 Å². The molecule has 1 aromatic heterocycles. The molecule has 0 aliphatic heterocycles. The lowest BCUT2D eigenvalue weighted by Crippen LogP contribution is -2.21. The summed E-state index contributed by atoms with van der Waals surface area (Å²) in [7, 11) is 0. The summed E-state index contributed by atoms with van der Waals surface area (Å²) in [5, 5.41) is 11.4. The van der Waals surface area contributed by atoms with Crippen LogP contribution >= 0.6 is 11.6 Å². The molecule has 0 radical (unpaired) electrons. The number of hydrogen-bond donors (Lipinski definition) is 1. The summed E-state index contributed by atoms with van der Waals surface area (Å²) < 4.78 is 7.26. The van der Waals surface area contributed by atoms with E-state index in [1.54, 1.807) is 36.5 Å². The van der Waals surface area contributed by atoms with E-state index in [-0.39, 0.29) is 19.1 Å². The number of nitrogens with one attached hydrogen (secondary N) is 1. The molecule has 3 rings (SSSR count). The van der Waals surface area contributed by atoms with Gasteiger partial charge < -0.3 is 15.0 Å². The number of aldehydes is 1. The molecule has 0 saturated heterocycles. The van der Waals surface area contributed by atoms with E-state index < -0.39 is 0 Å². The topological polar surface area (TPSA) is 89.4 Å². The fraction of sp³-hybridized carbons (Fsp3) is 0.273. The summed E-state index contributed by atoms with van der Waals surface area (Å²) in [5.41, 5.74) is 2.63. The SMILES string of the molecule is CCN(CC)c1ccc(C=O)c(OCc2cn(CC(=O)Nc3ccc(Cl)cc3)nn2)c1. The third kappa shape index (κ3) is 6.05. The molecule has 0 atom stereocenters. The van der Waals surface area contributed by atoms with E-state index in [1.165, 1.54) is 4.68 Å². The summed E-state index contributed by atoms with van der Waals surface area (Å²) in [6.45, 7) is 5.97. The van der Waals surface area contributed by atoms with E-state index in [1.807, 2.05) is 12.1 Å². The summed E-state index contributed by atoms with van der Waals surface area (Å²) in [5.74, 6) is 0.240. The number of ether oxygens (including phenoxy) is 1. The predicted octanol–water partition coefficient (Wildman–Crippen LogP) is 3.81. The van der Waals surface area contributed by atoms with Crippen molar-refractivity contribution in [3.63, 3.8) is 0 Å². The quantitative estimate of drug-likeness (QED) is 0.481. The molecule has 0 bridgehead atoms. The van der Waals surface area contributed by atoms with Crippen LogP contribution in [0.15, 0.2) is 48.7 Å². The van der Waals surface area contributed by atoms with E-state index in [4.69, 9.17) is 16.3 Å². The molecule has 1 N–H and O–H groups in total. The highest BCUT2D eigenvalue weighted by Crippen LogP contribution is 2.25. The van der Waals surface area contributed by atoms with Gasteiger partial charge in [0.1, 0.15) is 24.6 Å². The van der Waals surface area contributed by atoms with Crippen LogP contribution in [0.5, 0.6) is 5.75 Å². The molecule has 0 spiro atoms. The van der Waals surface area contributed by atoms with Crippen molar-refractivity contribution in [2.75, 3.05) is 23.3 Å². The zero-order valence-electron chi connectivity index (χ0n) is 17.4. The van der Waals surface area contributed by atoms with Gasteiger partial charge in [-0.25, -0.2) is 4.68 Å². The van der Waals surface area contributed by atoms with Crippen molar-refractivity contribution in [1.29, 1.82) is 0 Å².